The first-order chi connectivity index (χ1) is 7.62. The highest BCUT2D eigenvalue weighted by Gasteiger charge is 2.18. The van der Waals surface area contributed by atoms with Crippen LogP contribution in [0.15, 0.2) is 0 Å². The summed E-state index contributed by atoms with van der Waals surface area (Å²) in [5.74, 6) is 0. The molecule has 1 atom stereocenters. The van der Waals surface area contributed by atoms with Crippen molar-refractivity contribution in [2.24, 2.45) is 0 Å². The van der Waals surface area contributed by atoms with E-state index in [4.69, 9.17) is 0 Å². The summed E-state index contributed by atoms with van der Waals surface area (Å²) in [5.41, 5.74) is -0.465. The highest BCUT2D eigenvalue weighted by Crippen LogP contribution is 2.18. The fourth-order valence-electron chi connectivity index (χ4n) is 1.95. The van der Waals surface area contributed by atoms with Crippen molar-refractivity contribution in [3.63, 3.8) is 0 Å². The van der Waals surface area contributed by atoms with Crippen LogP contribution in [0.25, 0.3) is 0 Å². The first kappa shape index (κ1) is 15.9. The summed E-state index contributed by atoms with van der Waals surface area (Å²) in [5, 5.41) is 13.4. The molecule has 0 rings (SSSR count). The molecule has 0 bridgehead atoms. The molecule has 16 heavy (non-hydrogen) atoms. The lowest BCUT2D eigenvalue weighted by molar-refractivity contribution is 0.0397. The van der Waals surface area contributed by atoms with Crippen molar-refractivity contribution < 1.29 is 5.11 Å². The van der Waals surface area contributed by atoms with Crippen molar-refractivity contribution in [3.05, 3.63) is 0 Å². The van der Waals surface area contributed by atoms with Crippen LogP contribution < -0.4 is 5.32 Å². The third kappa shape index (κ3) is 10.4. The van der Waals surface area contributed by atoms with Gasteiger partial charge >= 0.3 is 0 Å². The van der Waals surface area contributed by atoms with Crippen molar-refractivity contribution in [1.29, 1.82) is 0 Å². The molecule has 0 aliphatic heterocycles. The lowest BCUT2D eigenvalue weighted by atomic mass is 9.94. The Morgan fingerprint density at radius 3 is 2.19 bits per heavy atom. The molecule has 0 saturated heterocycles. The second-order valence-corrected chi connectivity index (χ2v) is 5.12. The molecule has 0 saturated carbocycles. The third-order valence-electron chi connectivity index (χ3n) is 3.16. The Kier molecular flexibility index (Phi) is 10.0. The normalized spacial score (nSPS) is 15.0. The minimum atomic E-state index is -0.465. The van der Waals surface area contributed by atoms with Gasteiger partial charge in [-0.2, -0.15) is 0 Å². The van der Waals surface area contributed by atoms with Crippen LogP contribution in [-0.2, 0) is 0 Å². The number of nitrogens with one attached hydrogen (secondary N) is 1. The highest BCUT2D eigenvalue weighted by molar-refractivity contribution is 4.73. The quantitative estimate of drug-likeness (QED) is 0.532. The molecule has 98 valence electrons. The number of hydrogen-bond acceptors (Lipinski definition) is 2. The van der Waals surface area contributed by atoms with Crippen molar-refractivity contribution in [2.45, 2.75) is 77.7 Å². The second kappa shape index (κ2) is 10.1. The molecule has 0 aliphatic rings. The van der Waals surface area contributed by atoms with E-state index in [0.29, 0.717) is 0 Å². The van der Waals surface area contributed by atoms with Gasteiger partial charge in [-0.25, -0.2) is 0 Å². The van der Waals surface area contributed by atoms with Gasteiger partial charge in [-0.3, -0.25) is 0 Å². The summed E-state index contributed by atoms with van der Waals surface area (Å²) in [7, 11) is 0. The van der Waals surface area contributed by atoms with E-state index in [0.717, 1.165) is 25.9 Å². The molecule has 0 heterocycles. The average molecular weight is 229 g/mol. The average Bonchev–Trinajstić information content (AvgIpc) is 2.23. The fraction of sp³-hybridized carbons (Fsp3) is 1.00. The van der Waals surface area contributed by atoms with Crippen LogP contribution in [0.2, 0.25) is 0 Å². The molecular weight excluding hydrogens is 198 g/mol. The van der Waals surface area contributed by atoms with Crippen molar-refractivity contribution in [2.75, 3.05) is 13.1 Å². The molecule has 0 aliphatic carbocycles. The van der Waals surface area contributed by atoms with E-state index < -0.39 is 5.60 Å². The van der Waals surface area contributed by atoms with Crippen LogP contribution in [0.4, 0.5) is 0 Å². The summed E-state index contributed by atoms with van der Waals surface area (Å²) in [6, 6.07) is 0. The molecule has 0 amide bonds. The van der Waals surface area contributed by atoms with Crippen LogP contribution in [0.3, 0.4) is 0 Å². The standard InChI is InChI=1S/C14H31NO/c1-4-6-7-8-9-10-11-14(3,16)12-13-15-5-2/h15-16H,4-13H2,1-3H3. The zero-order valence-corrected chi connectivity index (χ0v) is 11.5. The summed E-state index contributed by atoms with van der Waals surface area (Å²) in [6.07, 6.45) is 9.62. The van der Waals surface area contributed by atoms with Crippen molar-refractivity contribution in [3.8, 4) is 0 Å². The predicted molar refractivity (Wildman–Crippen MR) is 71.8 cm³/mol. The zero-order chi connectivity index (χ0) is 12.3. The van der Waals surface area contributed by atoms with Crippen molar-refractivity contribution in [1.82, 2.24) is 5.32 Å². The van der Waals surface area contributed by atoms with E-state index in [1.54, 1.807) is 0 Å². The van der Waals surface area contributed by atoms with Crippen molar-refractivity contribution >= 4 is 0 Å². The fourth-order valence-corrected chi connectivity index (χ4v) is 1.95. The van der Waals surface area contributed by atoms with Crippen LogP contribution in [-0.4, -0.2) is 23.8 Å². The maximum absolute atomic E-state index is 10.1. The Labute approximate surface area is 102 Å². The molecule has 2 heteroatoms. The van der Waals surface area contributed by atoms with Crippen LogP contribution in [0.5, 0.6) is 0 Å². The smallest absolute Gasteiger partial charge is 0.0631 e. The lowest BCUT2D eigenvalue weighted by Crippen LogP contribution is -2.29. The Hall–Kier alpha value is -0.0800. The van der Waals surface area contributed by atoms with E-state index in [9.17, 15) is 5.11 Å². The number of rotatable bonds is 11. The van der Waals surface area contributed by atoms with Gasteiger partial charge in [0.2, 0.25) is 0 Å². The van der Waals surface area contributed by atoms with Gasteiger partial charge in [0, 0.05) is 0 Å². The minimum absolute atomic E-state index is 0.465. The first-order valence-corrected chi connectivity index (χ1v) is 7.05. The topological polar surface area (TPSA) is 32.3 Å². The summed E-state index contributed by atoms with van der Waals surface area (Å²) in [6.45, 7) is 8.23. The van der Waals surface area contributed by atoms with E-state index >= 15 is 0 Å². The molecule has 0 fully saturated rings. The van der Waals surface area contributed by atoms with Gasteiger partial charge in [-0.15, -0.1) is 0 Å². The highest BCUT2D eigenvalue weighted by atomic mass is 16.3. The maximum atomic E-state index is 10.1. The Balaban J connectivity index is 3.35. The van der Waals surface area contributed by atoms with E-state index in [-0.39, 0.29) is 0 Å². The predicted octanol–water partition coefficient (Wildman–Crippen LogP) is 3.49. The third-order valence-corrected chi connectivity index (χ3v) is 3.16. The molecular formula is C14H31NO. The molecule has 0 spiro atoms. The van der Waals surface area contributed by atoms with Gasteiger partial charge in [-0.1, -0.05) is 52.4 Å². The Morgan fingerprint density at radius 2 is 1.56 bits per heavy atom. The summed E-state index contributed by atoms with van der Waals surface area (Å²) >= 11 is 0. The summed E-state index contributed by atoms with van der Waals surface area (Å²) < 4.78 is 0. The van der Waals surface area contributed by atoms with Gasteiger partial charge in [-0.05, 0) is 32.9 Å². The minimum Gasteiger partial charge on any atom is -0.390 e. The van der Waals surface area contributed by atoms with Gasteiger partial charge in [0.05, 0.1) is 5.60 Å². The van der Waals surface area contributed by atoms with E-state index in [2.05, 4.69) is 19.2 Å². The molecule has 0 aromatic carbocycles. The second-order valence-electron chi connectivity index (χ2n) is 5.12. The van der Waals surface area contributed by atoms with Crippen LogP contribution in [0.1, 0.15) is 72.1 Å². The lowest BCUT2D eigenvalue weighted by Gasteiger charge is -2.23. The van der Waals surface area contributed by atoms with Crippen LogP contribution in [0, 0.1) is 0 Å². The van der Waals surface area contributed by atoms with Gasteiger partial charge < -0.3 is 10.4 Å². The number of unbranched alkanes of at least 4 members (excludes halogenated alkanes) is 5. The largest absolute Gasteiger partial charge is 0.390 e. The van der Waals surface area contributed by atoms with Crippen LogP contribution >= 0.6 is 0 Å². The molecule has 0 radical (unpaired) electrons. The SMILES string of the molecule is CCCCCCCCC(C)(O)CCNCC. The van der Waals surface area contributed by atoms with E-state index in [1.807, 2.05) is 6.92 Å². The van der Waals surface area contributed by atoms with Gasteiger partial charge in [0.1, 0.15) is 0 Å². The monoisotopic (exact) mass is 229 g/mol. The van der Waals surface area contributed by atoms with Gasteiger partial charge in [0.15, 0.2) is 0 Å². The zero-order valence-electron chi connectivity index (χ0n) is 11.5. The molecule has 2 nitrogen and oxygen atoms in total. The van der Waals surface area contributed by atoms with Gasteiger partial charge in [0.25, 0.3) is 0 Å². The molecule has 0 aromatic rings. The first-order valence-electron chi connectivity index (χ1n) is 7.05. The molecule has 1 unspecified atom stereocenters. The summed E-state index contributed by atoms with van der Waals surface area (Å²) in [4.78, 5) is 0. The number of aliphatic hydroxyl groups is 1. The Bertz CT molecular complexity index is 146. The molecule has 0 aromatic heterocycles. The molecule has 2 N–H and O–H groups in total. The van der Waals surface area contributed by atoms with E-state index in [1.165, 1.54) is 38.5 Å². The number of hydrogen-bond donors (Lipinski definition) is 2. The maximum Gasteiger partial charge on any atom is 0.0631 e. The Morgan fingerprint density at radius 1 is 0.938 bits per heavy atom.